The van der Waals surface area contributed by atoms with Crippen molar-refractivity contribution in [1.82, 2.24) is 0 Å². The predicted octanol–water partition coefficient (Wildman–Crippen LogP) is 1.03. The third kappa shape index (κ3) is 1.98. The first kappa shape index (κ1) is 9.33. The molecule has 5 heteroatoms. The zero-order valence-corrected chi connectivity index (χ0v) is 8.69. The summed E-state index contributed by atoms with van der Waals surface area (Å²) in [5.74, 6) is 0. The van der Waals surface area contributed by atoms with Crippen LogP contribution < -0.4 is 10.0 Å². The molecule has 14 heavy (non-hydrogen) atoms. The van der Waals surface area contributed by atoms with E-state index in [1.165, 1.54) is 5.56 Å². The molecule has 2 rings (SSSR count). The van der Waals surface area contributed by atoms with Crippen LogP contribution in [0.5, 0.6) is 0 Å². The summed E-state index contributed by atoms with van der Waals surface area (Å²) in [6, 6.07) is 5.55. The van der Waals surface area contributed by atoms with Gasteiger partial charge in [-0.25, -0.2) is 8.42 Å². The summed E-state index contributed by atoms with van der Waals surface area (Å²) in [4.78, 5) is 0. The lowest BCUT2D eigenvalue weighted by Crippen LogP contribution is -2.09. The van der Waals surface area contributed by atoms with Gasteiger partial charge in [0.2, 0.25) is 10.0 Å². The highest BCUT2D eigenvalue weighted by Gasteiger charge is 2.10. The second kappa shape index (κ2) is 3.16. The Morgan fingerprint density at radius 3 is 2.93 bits per heavy atom. The molecule has 1 aromatic rings. The molecule has 0 amide bonds. The summed E-state index contributed by atoms with van der Waals surface area (Å²) in [5.41, 5.74) is 2.88. The Morgan fingerprint density at radius 2 is 2.21 bits per heavy atom. The number of rotatable bonds is 2. The quantitative estimate of drug-likeness (QED) is 0.769. The number of anilines is 2. The lowest BCUT2D eigenvalue weighted by molar-refractivity contribution is 0.607. The molecule has 2 N–H and O–H groups in total. The van der Waals surface area contributed by atoms with Crippen molar-refractivity contribution in [1.29, 1.82) is 0 Å². The normalized spacial score (nSPS) is 14.6. The van der Waals surface area contributed by atoms with Crippen LogP contribution in [0.25, 0.3) is 0 Å². The van der Waals surface area contributed by atoms with Crippen molar-refractivity contribution in [2.45, 2.75) is 6.42 Å². The van der Waals surface area contributed by atoms with E-state index in [2.05, 4.69) is 10.0 Å². The number of benzene rings is 1. The average Bonchev–Trinajstić information content (AvgIpc) is 2.47. The van der Waals surface area contributed by atoms with Crippen LogP contribution in [0.2, 0.25) is 0 Å². The zero-order chi connectivity index (χ0) is 10.2. The fourth-order valence-electron chi connectivity index (χ4n) is 1.57. The smallest absolute Gasteiger partial charge is 0.229 e. The van der Waals surface area contributed by atoms with Crippen LogP contribution in [0.4, 0.5) is 11.4 Å². The first-order valence-corrected chi connectivity index (χ1v) is 6.28. The fourth-order valence-corrected chi connectivity index (χ4v) is 2.12. The Morgan fingerprint density at radius 1 is 1.43 bits per heavy atom. The van der Waals surface area contributed by atoms with Gasteiger partial charge in [-0.3, -0.25) is 4.72 Å². The molecule has 0 bridgehead atoms. The molecular weight excluding hydrogens is 200 g/mol. The van der Waals surface area contributed by atoms with Gasteiger partial charge < -0.3 is 5.32 Å². The van der Waals surface area contributed by atoms with Crippen molar-refractivity contribution in [2.24, 2.45) is 0 Å². The number of hydrogen-bond acceptors (Lipinski definition) is 3. The monoisotopic (exact) mass is 212 g/mol. The summed E-state index contributed by atoms with van der Waals surface area (Å²) >= 11 is 0. The van der Waals surface area contributed by atoms with Crippen molar-refractivity contribution in [2.75, 3.05) is 22.8 Å². The van der Waals surface area contributed by atoms with Gasteiger partial charge in [-0.2, -0.15) is 0 Å². The Bertz CT molecular complexity index is 454. The third-order valence-electron chi connectivity index (χ3n) is 2.12. The molecule has 0 aliphatic carbocycles. The Labute approximate surface area is 83.4 Å². The first-order valence-electron chi connectivity index (χ1n) is 4.39. The van der Waals surface area contributed by atoms with E-state index in [0.717, 1.165) is 24.9 Å². The average molecular weight is 212 g/mol. The van der Waals surface area contributed by atoms with Crippen LogP contribution in [0, 0.1) is 0 Å². The first-order chi connectivity index (χ1) is 6.54. The molecule has 0 saturated heterocycles. The van der Waals surface area contributed by atoms with Crippen LogP contribution in [-0.4, -0.2) is 21.2 Å². The topological polar surface area (TPSA) is 58.2 Å². The SMILES string of the molecule is CS(=O)(=O)Nc1ccc2c(c1)NCC2. The van der Waals surface area contributed by atoms with E-state index in [4.69, 9.17) is 0 Å². The second-order valence-corrected chi connectivity index (χ2v) is 5.17. The maximum absolute atomic E-state index is 11.0. The van der Waals surface area contributed by atoms with E-state index in [0.29, 0.717) is 5.69 Å². The van der Waals surface area contributed by atoms with Crippen molar-refractivity contribution in [3.8, 4) is 0 Å². The van der Waals surface area contributed by atoms with Crippen molar-refractivity contribution in [3.05, 3.63) is 23.8 Å². The van der Waals surface area contributed by atoms with Gasteiger partial charge in [0, 0.05) is 12.2 Å². The number of nitrogens with one attached hydrogen (secondary N) is 2. The van der Waals surface area contributed by atoms with Gasteiger partial charge >= 0.3 is 0 Å². The van der Waals surface area contributed by atoms with E-state index < -0.39 is 10.0 Å². The van der Waals surface area contributed by atoms with Gasteiger partial charge in [0.1, 0.15) is 0 Å². The standard InChI is InChI=1S/C9H12N2O2S/c1-14(12,13)11-8-3-2-7-4-5-10-9(7)6-8/h2-3,6,10-11H,4-5H2,1H3. The van der Waals surface area contributed by atoms with Crippen LogP contribution in [-0.2, 0) is 16.4 Å². The van der Waals surface area contributed by atoms with Crippen molar-refractivity contribution < 1.29 is 8.42 Å². The Hall–Kier alpha value is -1.23. The van der Waals surface area contributed by atoms with E-state index in [1.807, 2.05) is 12.1 Å². The van der Waals surface area contributed by atoms with Gasteiger partial charge in [0.15, 0.2) is 0 Å². The molecule has 4 nitrogen and oxygen atoms in total. The van der Waals surface area contributed by atoms with Gasteiger partial charge in [-0.15, -0.1) is 0 Å². The predicted molar refractivity (Wildman–Crippen MR) is 57.1 cm³/mol. The molecule has 1 aromatic carbocycles. The fraction of sp³-hybridized carbons (Fsp3) is 0.333. The molecule has 0 unspecified atom stereocenters. The molecule has 76 valence electrons. The highest BCUT2D eigenvalue weighted by molar-refractivity contribution is 7.92. The minimum atomic E-state index is -3.17. The van der Waals surface area contributed by atoms with Crippen LogP contribution in [0.15, 0.2) is 18.2 Å². The highest BCUT2D eigenvalue weighted by atomic mass is 32.2. The molecule has 1 aliphatic heterocycles. The number of fused-ring (bicyclic) bond motifs is 1. The summed E-state index contributed by atoms with van der Waals surface area (Å²) in [6.07, 6.45) is 2.15. The van der Waals surface area contributed by atoms with Gasteiger partial charge in [0.25, 0.3) is 0 Å². The third-order valence-corrected chi connectivity index (χ3v) is 2.73. The van der Waals surface area contributed by atoms with Crippen molar-refractivity contribution >= 4 is 21.4 Å². The largest absolute Gasteiger partial charge is 0.384 e. The van der Waals surface area contributed by atoms with Crippen LogP contribution in [0.3, 0.4) is 0 Å². The molecule has 0 radical (unpaired) electrons. The minimum absolute atomic E-state index is 0.612. The molecule has 0 fully saturated rings. The van der Waals surface area contributed by atoms with Crippen LogP contribution in [0.1, 0.15) is 5.56 Å². The molecule has 0 saturated carbocycles. The summed E-state index contributed by atoms with van der Waals surface area (Å²) in [5, 5.41) is 3.19. The van der Waals surface area contributed by atoms with Gasteiger partial charge in [-0.05, 0) is 24.1 Å². The van der Waals surface area contributed by atoms with E-state index in [1.54, 1.807) is 6.07 Å². The molecular formula is C9H12N2O2S. The summed E-state index contributed by atoms with van der Waals surface area (Å²) in [6.45, 7) is 0.928. The van der Waals surface area contributed by atoms with Crippen molar-refractivity contribution in [3.63, 3.8) is 0 Å². The maximum Gasteiger partial charge on any atom is 0.229 e. The molecule has 0 atom stereocenters. The lowest BCUT2D eigenvalue weighted by atomic mass is 10.1. The highest BCUT2D eigenvalue weighted by Crippen LogP contribution is 2.25. The lowest BCUT2D eigenvalue weighted by Gasteiger charge is -2.06. The maximum atomic E-state index is 11.0. The molecule has 1 aliphatic rings. The van der Waals surface area contributed by atoms with E-state index in [9.17, 15) is 8.42 Å². The summed E-state index contributed by atoms with van der Waals surface area (Å²) < 4.78 is 24.4. The Kier molecular flexibility index (Phi) is 2.11. The van der Waals surface area contributed by atoms with Crippen LogP contribution >= 0.6 is 0 Å². The van der Waals surface area contributed by atoms with Gasteiger partial charge in [-0.1, -0.05) is 6.07 Å². The molecule has 0 spiro atoms. The second-order valence-electron chi connectivity index (χ2n) is 3.42. The van der Waals surface area contributed by atoms with E-state index >= 15 is 0 Å². The van der Waals surface area contributed by atoms with E-state index in [-0.39, 0.29) is 0 Å². The number of sulfonamides is 1. The minimum Gasteiger partial charge on any atom is -0.384 e. The van der Waals surface area contributed by atoms with Gasteiger partial charge in [0.05, 0.1) is 11.9 Å². The summed E-state index contributed by atoms with van der Waals surface area (Å²) in [7, 11) is -3.17. The Balaban J connectivity index is 2.29. The number of hydrogen-bond donors (Lipinski definition) is 2. The zero-order valence-electron chi connectivity index (χ0n) is 7.87. The molecule has 0 aromatic heterocycles. The molecule has 1 heterocycles.